The smallest absolute Gasteiger partial charge is 0.275 e. The zero-order chi connectivity index (χ0) is 36.2. The highest BCUT2D eigenvalue weighted by atomic mass is 31.1. The summed E-state index contributed by atoms with van der Waals surface area (Å²) in [5, 5.41) is 19.6. The van der Waals surface area contributed by atoms with Crippen molar-refractivity contribution in [3.63, 3.8) is 0 Å². The van der Waals surface area contributed by atoms with Crippen LogP contribution in [0, 0.1) is 5.92 Å². The van der Waals surface area contributed by atoms with Crippen LogP contribution < -0.4 is 34.7 Å². The first kappa shape index (κ1) is 35.4. The lowest BCUT2D eigenvalue weighted by atomic mass is 9.91. The van der Waals surface area contributed by atoms with E-state index in [1.54, 1.807) is 6.07 Å². The minimum Gasteiger partial charge on any atom is -0.504 e. The molecule has 0 aliphatic heterocycles. The van der Waals surface area contributed by atoms with E-state index in [0.717, 1.165) is 65.9 Å². The Hall–Kier alpha value is -5.02. The Kier molecular flexibility index (Phi) is 10.7. The molecule has 1 aliphatic carbocycles. The van der Waals surface area contributed by atoms with Gasteiger partial charge >= 0.3 is 0 Å². The molecule has 3 atom stereocenters. The Morgan fingerprint density at radius 3 is 2.15 bits per heavy atom. The molecule has 0 saturated carbocycles. The van der Waals surface area contributed by atoms with E-state index in [1.807, 2.05) is 100 Å². The van der Waals surface area contributed by atoms with Crippen LogP contribution in [-0.4, -0.2) is 11.2 Å². The fourth-order valence-corrected chi connectivity index (χ4v) is 7.97. The van der Waals surface area contributed by atoms with Crippen molar-refractivity contribution in [1.29, 1.82) is 0 Å². The Morgan fingerprint density at radius 1 is 0.769 bits per heavy atom. The van der Waals surface area contributed by atoms with Gasteiger partial charge in [0.05, 0.1) is 6.10 Å². The summed E-state index contributed by atoms with van der Waals surface area (Å²) in [5.41, 5.74) is 1.41. The van der Waals surface area contributed by atoms with E-state index in [2.05, 4.69) is 49.4 Å². The third kappa shape index (κ3) is 7.33. The van der Waals surface area contributed by atoms with Crippen LogP contribution in [0.25, 0.3) is 56.3 Å². The number of phenols is 1. The lowest BCUT2D eigenvalue weighted by Gasteiger charge is -2.23. The maximum absolute atomic E-state index is 11.7. The van der Waals surface area contributed by atoms with Gasteiger partial charge in [-0.3, -0.25) is 0 Å². The average Bonchev–Trinajstić information content (AvgIpc) is 3.14. The van der Waals surface area contributed by atoms with Gasteiger partial charge in [0.15, 0.2) is 23.0 Å². The number of hydrogen-bond acceptors (Lipinski definition) is 6. The van der Waals surface area contributed by atoms with Crippen LogP contribution in [0.15, 0.2) is 109 Å². The molecule has 1 N–H and O–H groups in total. The first-order valence-corrected chi connectivity index (χ1v) is 19.1. The second kappa shape index (κ2) is 15.7. The van der Waals surface area contributed by atoms with Crippen molar-refractivity contribution in [3.05, 3.63) is 130 Å². The van der Waals surface area contributed by atoms with Gasteiger partial charge in [0.2, 0.25) is 0 Å². The molecule has 0 spiro atoms. The number of hydrogen-bond donors (Lipinski definition) is 1. The van der Waals surface area contributed by atoms with Crippen molar-refractivity contribution >= 4 is 63.3 Å². The SMILES string of the molecule is C/C=c1/cccc/c1=C(/C)OPOc1c(OC(C)C)cc2ccccc2c1-c1c(OPOC2=c3ccccc3=CC(C)C2)c(O)cc2ccccc12. The van der Waals surface area contributed by atoms with Gasteiger partial charge in [-0.1, -0.05) is 116 Å². The minimum absolute atomic E-state index is 0.000979. The molecule has 6 aromatic carbocycles. The van der Waals surface area contributed by atoms with Gasteiger partial charge in [-0.2, -0.15) is 0 Å². The first-order valence-electron chi connectivity index (χ1n) is 17.5. The summed E-state index contributed by atoms with van der Waals surface area (Å²) in [7, 11) is -0.804. The summed E-state index contributed by atoms with van der Waals surface area (Å²) in [4.78, 5) is 0. The molecule has 6 aromatic rings. The molecule has 0 radical (unpaired) electrons. The van der Waals surface area contributed by atoms with Crippen molar-refractivity contribution < 1.29 is 27.9 Å². The van der Waals surface area contributed by atoms with Crippen molar-refractivity contribution in [2.45, 2.75) is 47.1 Å². The zero-order valence-corrected chi connectivity index (χ0v) is 31.9. The summed E-state index contributed by atoms with van der Waals surface area (Å²) < 4.78 is 32.3. The summed E-state index contributed by atoms with van der Waals surface area (Å²) in [5.74, 6) is 3.32. The Balaban J connectivity index is 1.38. The van der Waals surface area contributed by atoms with Crippen molar-refractivity contribution in [1.82, 2.24) is 0 Å². The van der Waals surface area contributed by atoms with Crippen LogP contribution in [0.5, 0.6) is 23.0 Å². The normalized spacial score (nSPS) is 15.4. The summed E-state index contributed by atoms with van der Waals surface area (Å²) in [6.45, 7) is 10.1. The molecule has 7 rings (SSSR count). The highest BCUT2D eigenvalue weighted by Gasteiger charge is 2.26. The van der Waals surface area contributed by atoms with E-state index in [9.17, 15) is 5.11 Å². The maximum atomic E-state index is 11.7. The van der Waals surface area contributed by atoms with Crippen LogP contribution in [0.4, 0.5) is 0 Å². The van der Waals surface area contributed by atoms with Gasteiger partial charge in [-0.25, -0.2) is 0 Å². The van der Waals surface area contributed by atoms with Crippen LogP contribution in [0.2, 0.25) is 0 Å². The van der Waals surface area contributed by atoms with Crippen LogP contribution in [-0.2, 0) is 9.05 Å². The Bertz CT molecular complexity index is 2530. The number of ether oxygens (including phenoxy) is 1. The molecule has 0 amide bonds. The number of aromatic hydroxyl groups is 1. The molecule has 8 heteroatoms. The van der Waals surface area contributed by atoms with Crippen molar-refractivity contribution in [2.75, 3.05) is 0 Å². The van der Waals surface area contributed by atoms with Crippen LogP contribution in [0.3, 0.4) is 0 Å². The summed E-state index contributed by atoms with van der Waals surface area (Å²) >= 11 is 0. The topological polar surface area (TPSA) is 66.4 Å². The number of fused-ring (bicyclic) bond motifs is 3. The lowest BCUT2D eigenvalue weighted by Crippen LogP contribution is -2.31. The van der Waals surface area contributed by atoms with E-state index in [-0.39, 0.29) is 20.9 Å². The number of rotatable bonds is 11. The fraction of sp³-hybridized carbons (Fsp3) is 0.182. The van der Waals surface area contributed by atoms with E-state index in [0.29, 0.717) is 28.7 Å². The molecule has 6 nitrogen and oxygen atoms in total. The average molecular weight is 729 g/mol. The first-order chi connectivity index (χ1) is 25.3. The zero-order valence-electron chi connectivity index (χ0n) is 29.9. The maximum Gasteiger partial charge on any atom is 0.275 e. The minimum atomic E-state index is -0.414. The Morgan fingerprint density at radius 2 is 1.40 bits per heavy atom. The van der Waals surface area contributed by atoms with Gasteiger partial charge in [0.1, 0.15) is 11.5 Å². The molecular formula is C44H42O6P2. The molecule has 0 aromatic heterocycles. The molecular weight excluding hydrogens is 686 g/mol. The second-order valence-electron chi connectivity index (χ2n) is 13.2. The molecule has 0 saturated heterocycles. The van der Waals surface area contributed by atoms with Crippen LogP contribution >= 0.6 is 18.1 Å². The summed E-state index contributed by atoms with van der Waals surface area (Å²) in [6, 6.07) is 36.2. The van der Waals surface area contributed by atoms with Gasteiger partial charge in [-0.05, 0) is 77.7 Å². The van der Waals surface area contributed by atoms with E-state index < -0.39 is 9.03 Å². The number of phenolic OH excluding ortho intramolecular Hbond substituents is 1. The highest BCUT2D eigenvalue weighted by molar-refractivity contribution is 7.27. The van der Waals surface area contributed by atoms with Crippen molar-refractivity contribution in [3.8, 4) is 34.1 Å². The van der Waals surface area contributed by atoms with Gasteiger partial charge in [0.25, 0.3) is 18.1 Å². The molecule has 264 valence electrons. The third-order valence-electron chi connectivity index (χ3n) is 9.09. The van der Waals surface area contributed by atoms with Crippen LogP contribution in [0.1, 0.15) is 41.0 Å². The number of benzene rings is 6. The quantitative estimate of drug-likeness (QED) is 0.134. The monoisotopic (exact) mass is 728 g/mol. The molecule has 0 heterocycles. The van der Waals surface area contributed by atoms with Gasteiger partial charge in [0, 0.05) is 28.0 Å². The standard InChI is InChI=1S/C44H42O6P2/c1-6-30-15-7-11-19-34(30)29(5)47-51-50-44-40(46-27(2)3)26-33-18-10-14-22-37(33)42(44)41-36-21-13-9-17-32(36)25-38(45)43(41)49-52-48-39-24-28(4)23-31-16-8-12-20-35(31)39/h6-23,25-28,45,51-52H,24H2,1-5H3/b30-6-,34-29+. The second-order valence-corrected chi connectivity index (χ2v) is 14.3. The third-order valence-corrected chi connectivity index (χ3v) is 10.4. The van der Waals surface area contributed by atoms with Gasteiger partial charge < -0.3 is 27.9 Å². The fourth-order valence-electron chi connectivity index (χ4n) is 6.78. The van der Waals surface area contributed by atoms with E-state index in [4.69, 9.17) is 22.8 Å². The van der Waals surface area contributed by atoms with E-state index in [1.165, 1.54) is 0 Å². The van der Waals surface area contributed by atoms with Crippen molar-refractivity contribution in [2.24, 2.45) is 5.92 Å². The molecule has 52 heavy (non-hydrogen) atoms. The highest BCUT2D eigenvalue weighted by Crippen LogP contribution is 2.54. The predicted octanol–water partition coefficient (Wildman–Crippen LogP) is 9.22. The van der Waals surface area contributed by atoms with Gasteiger partial charge in [-0.15, -0.1) is 0 Å². The molecule has 3 unspecified atom stereocenters. The predicted molar refractivity (Wildman–Crippen MR) is 217 cm³/mol. The van der Waals surface area contributed by atoms with E-state index >= 15 is 0 Å². The molecule has 1 aliphatic rings. The molecule has 0 bridgehead atoms. The Labute approximate surface area is 307 Å². The lowest BCUT2D eigenvalue weighted by molar-refractivity contribution is 0.237. The molecule has 0 fully saturated rings. The largest absolute Gasteiger partial charge is 0.504 e. The summed E-state index contributed by atoms with van der Waals surface area (Å²) in [6.07, 6.45) is 4.95.